The maximum Gasteiger partial charge on any atom is 0.252 e. The van der Waals surface area contributed by atoms with Gasteiger partial charge in [-0.2, -0.15) is 0 Å². The van der Waals surface area contributed by atoms with Gasteiger partial charge in [-0.25, -0.2) is 9.97 Å². The molecule has 0 saturated heterocycles. The average Bonchev–Trinajstić information content (AvgIpc) is 2.89. The molecule has 6 nitrogen and oxygen atoms in total. The molecular weight excluding hydrogens is 266 g/mol. The highest BCUT2D eigenvalue weighted by Gasteiger charge is 2.03. The first kappa shape index (κ1) is 13.4. The SMILES string of the molecule is CCc1cc(=O)[nH]c(NCCc2nc3ccccc3[nH]2)n1. The zero-order valence-corrected chi connectivity index (χ0v) is 11.8. The van der Waals surface area contributed by atoms with E-state index < -0.39 is 0 Å². The van der Waals surface area contributed by atoms with Crippen molar-refractivity contribution >= 4 is 17.0 Å². The summed E-state index contributed by atoms with van der Waals surface area (Å²) in [5.74, 6) is 1.42. The maximum atomic E-state index is 11.5. The summed E-state index contributed by atoms with van der Waals surface area (Å²) in [6.07, 6.45) is 1.47. The third kappa shape index (κ3) is 3.10. The molecule has 0 unspecified atom stereocenters. The van der Waals surface area contributed by atoms with Crippen LogP contribution >= 0.6 is 0 Å². The minimum atomic E-state index is -0.131. The number of hydrogen-bond acceptors (Lipinski definition) is 4. The minimum absolute atomic E-state index is 0.131. The summed E-state index contributed by atoms with van der Waals surface area (Å²) >= 11 is 0. The van der Waals surface area contributed by atoms with Crippen LogP contribution in [0.4, 0.5) is 5.95 Å². The second-order valence-corrected chi connectivity index (χ2v) is 4.82. The molecule has 2 heterocycles. The quantitative estimate of drug-likeness (QED) is 0.667. The van der Waals surface area contributed by atoms with Gasteiger partial charge < -0.3 is 10.3 Å². The normalized spacial score (nSPS) is 10.9. The van der Waals surface area contributed by atoms with Crippen molar-refractivity contribution in [3.63, 3.8) is 0 Å². The number of aromatic amines is 2. The zero-order chi connectivity index (χ0) is 14.7. The first-order valence-electron chi connectivity index (χ1n) is 7.02. The Labute approximate surface area is 121 Å². The monoisotopic (exact) mass is 283 g/mol. The summed E-state index contributed by atoms with van der Waals surface area (Å²) in [5, 5.41) is 3.13. The number of rotatable bonds is 5. The molecule has 1 aromatic carbocycles. The van der Waals surface area contributed by atoms with E-state index in [4.69, 9.17) is 0 Å². The van der Waals surface area contributed by atoms with Gasteiger partial charge in [0.15, 0.2) is 0 Å². The van der Waals surface area contributed by atoms with E-state index in [0.717, 1.165) is 35.4 Å². The third-order valence-electron chi connectivity index (χ3n) is 3.25. The number of hydrogen-bond donors (Lipinski definition) is 3. The largest absolute Gasteiger partial charge is 0.355 e. The summed E-state index contributed by atoms with van der Waals surface area (Å²) in [6.45, 7) is 2.62. The Hall–Kier alpha value is -2.63. The van der Waals surface area contributed by atoms with Crippen molar-refractivity contribution in [1.29, 1.82) is 0 Å². The van der Waals surface area contributed by atoms with E-state index >= 15 is 0 Å². The number of benzene rings is 1. The van der Waals surface area contributed by atoms with Gasteiger partial charge in [0, 0.05) is 24.7 Å². The molecule has 2 aromatic heterocycles. The standard InChI is InChI=1S/C15H17N5O/c1-2-10-9-14(21)20-15(17-10)16-8-7-13-18-11-5-3-4-6-12(11)19-13/h3-6,9H,2,7-8H2,1H3,(H,18,19)(H2,16,17,20,21). The van der Waals surface area contributed by atoms with Gasteiger partial charge in [0.05, 0.1) is 11.0 Å². The Morgan fingerprint density at radius 1 is 1.19 bits per heavy atom. The van der Waals surface area contributed by atoms with Gasteiger partial charge in [0.25, 0.3) is 5.56 Å². The zero-order valence-electron chi connectivity index (χ0n) is 11.8. The molecule has 0 aliphatic heterocycles. The van der Waals surface area contributed by atoms with Crippen molar-refractivity contribution in [2.24, 2.45) is 0 Å². The lowest BCUT2D eigenvalue weighted by Crippen LogP contribution is -2.15. The van der Waals surface area contributed by atoms with Crippen LogP contribution in [0.1, 0.15) is 18.4 Å². The highest BCUT2D eigenvalue weighted by atomic mass is 16.1. The van der Waals surface area contributed by atoms with Gasteiger partial charge in [0.2, 0.25) is 5.95 Å². The smallest absolute Gasteiger partial charge is 0.252 e. The number of para-hydroxylation sites is 2. The maximum absolute atomic E-state index is 11.5. The van der Waals surface area contributed by atoms with Gasteiger partial charge in [-0.1, -0.05) is 19.1 Å². The number of nitrogens with one attached hydrogen (secondary N) is 3. The van der Waals surface area contributed by atoms with Gasteiger partial charge in [-0.05, 0) is 18.6 Å². The lowest BCUT2D eigenvalue weighted by Gasteiger charge is -2.05. The van der Waals surface area contributed by atoms with Gasteiger partial charge in [0.1, 0.15) is 5.82 Å². The fraction of sp³-hybridized carbons (Fsp3) is 0.267. The molecule has 0 radical (unpaired) electrons. The molecule has 3 N–H and O–H groups in total. The summed E-state index contributed by atoms with van der Waals surface area (Å²) in [6, 6.07) is 9.45. The van der Waals surface area contributed by atoms with Crippen LogP contribution in [-0.2, 0) is 12.8 Å². The molecule has 108 valence electrons. The first-order chi connectivity index (χ1) is 10.2. The van der Waals surface area contributed by atoms with Crippen molar-refractivity contribution in [3.05, 3.63) is 52.2 Å². The van der Waals surface area contributed by atoms with Gasteiger partial charge in [-0.3, -0.25) is 9.78 Å². The van der Waals surface area contributed by atoms with E-state index in [1.165, 1.54) is 6.07 Å². The van der Waals surface area contributed by atoms with E-state index in [1.807, 2.05) is 31.2 Å². The van der Waals surface area contributed by atoms with E-state index in [9.17, 15) is 4.79 Å². The number of H-pyrrole nitrogens is 2. The number of aryl methyl sites for hydroxylation is 1. The van der Waals surface area contributed by atoms with Crippen LogP contribution in [0.15, 0.2) is 35.1 Å². The molecule has 3 rings (SSSR count). The summed E-state index contributed by atoms with van der Waals surface area (Å²) in [7, 11) is 0. The molecule has 0 bridgehead atoms. The fourth-order valence-electron chi connectivity index (χ4n) is 2.20. The first-order valence-corrected chi connectivity index (χ1v) is 7.02. The number of fused-ring (bicyclic) bond motifs is 1. The number of anilines is 1. The third-order valence-corrected chi connectivity index (χ3v) is 3.25. The summed E-state index contributed by atoms with van der Waals surface area (Å²) in [5.41, 5.74) is 2.65. The van der Waals surface area contributed by atoms with Crippen molar-refractivity contribution in [2.75, 3.05) is 11.9 Å². The van der Waals surface area contributed by atoms with E-state index in [2.05, 4.69) is 25.3 Å². The molecule has 0 spiro atoms. The topological polar surface area (TPSA) is 86.5 Å². The van der Waals surface area contributed by atoms with Crippen molar-refractivity contribution in [2.45, 2.75) is 19.8 Å². The van der Waals surface area contributed by atoms with Crippen molar-refractivity contribution < 1.29 is 0 Å². The Morgan fingerprint density at radius 2 is 2.05 bits per heavy atom. The Bertz CT molecular complexity index is 772. The van der Waals surface area contributed by atoms with Crippen molar-refractivity contribution in [1.82, 2.24) is 19.9 Å². The second-order valence-electron chi connectivity index (χ2n) is 4.82. The van der Waals surface area contributed by atoms with Crippen LogP contribution in [0.3, 0.4) is 0 Å². The van der Waals surface area contributed by atoms with E-state index in [-0.39, 0.29) is 5.56 Å². The number of nitrogens with zero attached hydrogens (tertiary/aromatic N) is 2. The van der Waals surface area contributed by atoms with Crippen LogP contribution < -0.4 is 10.9 Å². The van der Waals surface area contributed by atoms with Crippen LogP contribution in [0.25, 0.3) is 11.0 Å². The minimum Gasteiger partial charge on any atom is -0.355 e. The molecular formula is C15H17N5O. The van der Waals surface area contributed by atoms with E-state index in [1.54, 1.807) is 0 Å². The molecule has 0 fully saturated rings. The van der Waals surface area contributed by atoms with Crippen LogP contribution in [-0.4, -0.2) is 26.5 Å². The molecule has 21 heavy (non-hydrogen) atoms. The predicted molar refractivity (Wildman–Crippen MR) is 82.5 cm³/mol. The Balaban J connectivity index is 1.65. The molecule has 0 aliphatic carbocycles. The van der Waals surface area contributed by atoms with Crippen LogP contribution in [0.5, 0.6) is 0 Å². The Morgan fingerprint density at radius 3 is 2.86 bits per heavy atom. The summed E-state index contributed by atoms with van der Waals surface area (Å²) in [4.78, 5) is 26.3. The Kier molecular flexibility index (Phi) is 3.68. The molecule has 0 atom stereocenters. The molecule has 0 amide bonds. The predicted octanol–water partition coefficient (Wildman–Crippen LogP) is 1.86. The number of aromatic nitrogens is 4. The molecule has 3 aromatic rings. The number of imidazole rings is 1. The lowest BCUT2D eigenvalue weighted by atomic mass is 10.3. The molecule has 6 heteroatoms. The van der Waals surface area contributed by atoms with Crippen LogP contribution in [0.2, 0.25) is 0 Å². The van der Waals surface area contributed by atoms with Crippen molar-refractivity contribution in [3.8, 4) is 0 Å². The molecule has 0 saturated carbocycles. The average molecular weight is 283 g/mol. The van der Waals surface area contributed by atoms with Crippen LogP contribution in [0, 0.1) is 0 Å². The fourth-order valence-corrected chi connectivity index (χ4v) is 2.20. The highest BCUT2D eigenvalue weighted by molar-refractivity contribution is 5.74. The van der Waals surface area contributed by atoms with E-state index in [0.29, 0.717) is 12.5 Å². The summed E-state index contributed by atoms with van der Waals surface area (Å²) < 4.78 is 0. The molecule has 0 aliphatic rings. The van der Waals surface area contributed by atoms with Gasteiger partial charge >= 0.3 is 0 Å². The van der Waals surface area contributed by atoms with Gasteiger partial charge in [-0.15, -0.1) is 0 Å². The second kappa shape index (κ2) is 5.78. The highest BCUT2D eigenvalue weighted by Crippen LogP contribution is 2.10. The lowest BCUT2D eigenvalue weighted by molar-refractivity contribution is 0.902.